The second-order valence-corrected chi connectivity index (χ2v) is 1.92. The van der Waals surface area contributed by atoms with E-state index in [1.54, 1.807) is 0 Å². The maximum absolute atomic E-state index is 9.56. The van der Waals surface area contributed by atoms with Crippen molar-refractivity contribution in [3.8, 4) is 0 Å². The number of ether oxygens (including phenoxy) is 3. The molecule has 0 saturated carbocycles. The van der Waals surface area contributed by atoms with Gasteiger partial charge in [0.1, 0.15) is 0 Å². The molecular weight excluding hydrogens is 136 g/mol. The molecule has 0 N–H and O–H groups in total. The first-order valence-corrected chi connectivity index (χ1v) is 3.02. The lowest BCUT2D eigenvalue weighted by Gasteiger charge is -2.06. The zero-order valence-electron chi connectivity index (χ0n) is 6.20. The fourth-order valence-electron chi connectivity index (χ4n) is 0.294. The second-order valence-electron chi connectivity index (χ2n) is 1.92. The highest BCUT2D eigenvalue weighted by molar-refractivity contribution is 5.36. The summed E-state index contributed by atoms with van der Waals surface area (Å²) in [6.45, 7) is 4.23. The van der Waals surface area contributed by atoms with Gasteiger partial charge in [-0.1, -0.05) is 0 Å². The molecule has 0 aromatic rings. The van der Waals surface area contributed by atoms with Gasteiger partial charge < -0.3 is 14.2 Å². The maximum atomic E-state index is 9.56. The Morgan fingerprint density at radius 2 is 2.10 bits per heavy atom. The summed E-state index contributed by atoms with van der Waals surface area (Å²) in [7, 11) is 0. The maximum Gasteiger partial charge on any atom is 0.295 e. The van der Waals surface area contributed by atoms with Crippen LogP contribution in [0.25, 0.3) is 0 Å². The Morgan fingerprint density at radius 3 is 2.60 bits per heavy atom. The third-order valence-corrected chi connectivity index (χ3v) is 0.704. The molecule has 60 valence electrons. The van der Waals surface area contributed by atoms with Crippen LogP contribution in [0.1, 0.15) is 13.8 Å². The smallest absolute Gasteiger partial charge is 0.295 e. The summed E-state index contributed by atoms with van der Waals surface area (Å²) < 4.78 is 13.9. The van der Waals surface area contributed by atoms with Crippen molar-refractivity contribution in [1.29, 1.82) is 0 Å². The monoisotopic (exact) mass is 148 g/mol. The van der Waals surface area contributed by atoms with Crippen LogP contribution in [0.15, 0.2) is 0 Å². The van der Waals surface area contributed by atoms with Crippen LogP contribution in [0, 0.1) is 0 Å². The van der Waals surface area contributed by atoms with Gasteiger partial charge in [0.25, 0.3) is 6.47 Å². The Kier molecular flexibility index (Phi) is 6.11. The zero-order valence-corrected chi connectivity index (χ0v) is 6.20. The molecular formula is C6H12O4. The highest BCUT2D eigenvalue weighted by atomic mass is 16.7. The lowest BCUT2D eigenvalue weighted by molar-refractivity contribution is -0.159. The largest absolute Gasteiger partial charge is 0.441 e. The molecule has 0 atom stereocenters. The third-order valence-electron chi connectivity index (χ3n) is 0.704. The number of carbonyl (C=O) groups is 1. The van der Waals surface area contributed by atoms with Crippen LogP contribution in [0.5, 0.6) is 0 Å². The van der Waals surface area contributed by atoms with E-state index in [0.717, 1.165) is 0 Å². The van der Waals surface area contributed by atoms with Crippen LogP contribution in [0.2, 0.25) is 0 Å². The molecule has 4 nitrogen and oxygen atoms in total. The highest BCUT2D eigenvalue weighted by Crippen LogP contribution is 1.87. The van der Waals surface area contributed by atoms with Crippen LogP contribution in [-0.4, -0.2) is 26.2 Å². The minimum absolute atomic E-state index is 0.0454. The lowest BCUT2D eigenvalue weighted by atomic mass is 10.5. The third kappa shape index (κ3) is 7.39. The summed E-state index contributed by atoms with van der Waals surface area (Å²) in [5.74, 6) is 0. The van der Waals surface area contributed by atoms with E-state index in [9.17, 15) is 4.79 Å². The van der Waals surface area contributed by atoms with Crippen LogP contribution in [0.4, 0.5) is 0 Å². The van der Waals surface area contributed by atoms with Gasteiger partial charge in [-0.15, -0.1) is 0 Å². The van der Waals surface area contributed by atoms with Gasteiger partial charge in [0.15, 0.2) is 13.6 Å². The van der Waals surface area contributed by atoms with Crippen LogP contribution in [-0.2, 0) is 19.0 Å². The van der Waals surface area contributed by atoms with E-state index in [-0.39, 0.29) is 19.7 Å². The average Bonchev–Trinajstić information content (AvgIpc) is 1.87. The molecule has 0 aromatic heterocycles. The van der Waals surface area contributed by atoms with Crippen molar-refractivity contribution in [3.63, 3.8) is 0 Å². The molecule has 0 spiro atoms. The summed E-state index contributed by atoms with van der Waals surface area (Å²) in [5.41, 5.74) is 0. The van der Waals surface area contributed by atoms with Crippen LogP contribution in [0.3, 0.4) is 0 Å². The summed E-state index contributed by atoms with van der Waals surface area (Å²) in [6.07, 6.45) is 0.135. The minimum atomic E-state index is -0.0454. The summed E-state index contributed by atoms with van der Waals surface area (Å²) in [6, 6.07) is 0. The zero-order chi connectivity index (χ0) is 7.82. The molecule has 0 saturated heterocycles. The molecule has 0 bridgehead atoms. The topological polar surface area (TPSA) is 44.8 Å². The molecule has 0 aliphatic rings. The molecule has 0 unspecified atom stereocenters. The predicted octanol–water partition coefficient (Wildman–Crippen LogP) is 0.516. The molecule has 0 radical (unpaired) electrons. The van der Waals surface area contributed by atoms with Gasteiger partial charge in [-0.3, -0.25) is 4.79 Å². The quantitative estimate of drug-likeness (QED) is 0.313. The van der Waals surface area contributed by atoms with Crippen molar-refractivity contribution < 1.29 is 19.0 Å². The van der Waals surface area contributed by atoms with E-state index in [1.807, 2.05) is 13.8 Å². The van der Waals surface area contributed by atoms with Gasteiger partial charge in [-0.05, 0) is 13.8 Å². The molecule has 0 aliphatic carbocycles. The summed E-state index contributed by atoms with van der Waals surface area (Å²) in [5, 5.41) is 0. The standard InChI is InChI=1S/C6H12O4/c1-6(2)10-5-9-4-8-3-7/h3,6H,4-5H2,1-2H3. The van der Waals surface area contributed by atoms with Crippen LogP contribution >= 0.6 is 0 Å². The van der Waals surface area contributed by atoms with E-state index in [2.05, 4.69) is 4.74 Å². The first-order chi connectivity index (χ1) is 4.77. The van der Waals surface area contributed by atoms with Crippen molar-refractivity contribution in [3.05, 3.63) is 0 Å². The lowest BCUT2D eigenvalue weighted by Crippen LogP contribution is -2.08. The van der Waals surface area contributed by atoms with Gasteiger partial charge in [-0.25, -0.2) is 0 Å². The Balaban J connectivity index is 2.83. The van der Waals surface area contributed by atoms with Crippen molar-refractivity contribution in [2.24, 2.45) is 0 Å². The molecule has 10 heavy (non-hydrogen) atoms. The molecule has 0 aliphatic heterocycles. The number of carbonyl (C=O) groups excluding carboxylic acids is 1. The Bertz CT molecular complexity index is 81.8. The molecule has 0 heterocycles. The van der Waals surface area contributed by atoms with Crippen molar-refractivity contribution in [2.45, 2.75) is 20.0 Å². The van der Waals surface area contributed by atoms with E-state index in [1.165, 1.54) is 0 Å². The summed E-state index contributed by atoms with van der Waals surface area (Å²) >= 11 is 0. The Morgan fingerprint density at radius 1 is 1.40 bits per heavy atom. The van der Waals surface area contributed by atoms with Gasteiger partial charge in [0.05, 0.1) is 6.10 Å². The Hall–Kier alpha value is -0.610. The normalized spacial score (nSPS) is 9.90. The van der Waals surface area contributed by atoms with Crippen molar-refractivity contribution in [1.82, 2.24) is 0 Å². The van der Waals surface area contributed by atoms with Gasteiger partial charge in [-0.2, -0.15) is 0 Å². The summed E-state index contributed by atoms with van der Waals surface area (Å²) in [4.78, 5) is 9.56. The van der Waals surface area contributed by atoms with Crippen LogP contribution < -0.4 is 0 Å². The van der Waals surface area contributed by atoms with Crippen molar-refractivity contribution in [2.75, 3.05) is 13.6 Å². The van der Waals surface area contributed by atoms with E-state index in [0.29, 0.717) is 6.47 Å². The molecule has 0 rings (SSSR count). The van der Waals surface area contributed by atoms with Gasteiger partial charge in [0, 0.05) is 0 Å². The Labute approximate surface area is 60.1 Å². The fraction of sp³-hybridized carbons (Fsp3) is 0.833. The number of hydrogen-bond acceptors (Lipinski definition) is 4. The molecule has 4 heteroatoms. The highest BCUT2D eigenvalue weighted by Gasteiger charge is 1.90. The predicted molar refractivity (Wildman–Crippen MR) is 34.2 cm³/mol. The first kappa shape index (κ1) is 9.39. The first-order valence-electron chi connectivity index (χ1n) is 3.02. The minimum Gasteiger partial charge on any atom is -0.441 e. The molecule has 0 fully saturated rings. The average molecular weight is 148 g/mol. The van der Waals surface area contributed by atoms with Gasteiger partial charge in [0.2, 0.25) is 0 Å². The number of rotatable bonds is 6. The fourth-order valence-corrected chi connectivity index (χ4v) is 0.294. The van der Waals surface area contributed by atoms with Gasteiger partial charge >= 0.3 is 0 Å². The number of hydrogen-bond donors (Lipinski definition) is 0. The molecule has 0 aromatic carbocycles. The SMILES string of the molecule is CC(C)OCOCOC=O. The second kappa shape index (κ2) is 6.51. The van der Waals surface area contributed by atoms with E-state index in [4.69, 9.17) is 9.47 Å². The molecule has 0 amide bonds. The van der Waals surface area contributed by atoms with E-state index >= 15 is 0 Å². The van der Waals surface area contributed by atoms with Crippen molar-refractivity contribution >= 4 is 6.47 Å². The van der Waals surface area contributed by atoms with E-state index < -0.39 is 0 Å².